The Morgan fingerprint density at radius 3 is 2.53 bits per heavy atom. The van der Waals surface area contributed by atoms with Gasteiger partial charge in [0.05, 0.1) is 29.3 Å². The smallest absolute Gasteiger partial charge is 0.396 e. The van der Waals surface area contributed by atoms with E-state index in [-0.39, 0.29) is 16.9 Å². The summed E-state index contributed by atoms with van der Waals surface area (Å²) >= 11 is 0. The van der Waals surface area contributed by atoms with Crippen molar-refractivity contribution < 1.29 is 18.0 Å². The molecule has 0 radical (unpaired) electrons. The second kappa shape index (κ2) is 4.26. The second-order valence-electron chi connectivity index (χ2n) is 3.66. The van der Waals surface area contributed by atoms with Crippen LogP contribution in [-0.2, 0) is 6.18 Å². The van der Waals surface area contributed by atoms with Crippen LogP contribution in [0.3, 0.4) is 0 Å². The molecule has 2 heterocycles. The molecule has 0 fully saturated rings. The number of pyridine rings is 1. The molecule has 0 atom stereocenters. The normalized spacial score (nSPS) is 11.5. The lowest BCUT2D eigenvalue weighted by atomic mass is 10.2. The second-order valence-corrected chi connectivity index (χ2v) is 3.66. The van der Waals surface area contributed by atoms with Gasteiger partial charge in [-0.15, -0.1) is 0 Å². The molecule has 0 bridgehead atoms. The first-order chi connectivity index (χ1) is 8.79. The van der Waals surface area contributed by atoms with E-state index in [1.54, 1.807) is 0 Å². The first-order valence-corrected chi connectivity index (χ1v) is 4.96. The third-order valence-corrected chi connectivity index (χ3v) is 2.32. The number of nitrogens with zero attached hydrogens (tertiary/aromatic N) is 3. The number of primary amides is 1. The van der Waals surface area contributed by atoms with Gasteiger partial charge in [-0.3, -0.25) is 4.79 Å². The van der Waals surface area contributed by atoms with E-state index in [2.05, 4.69) is 10.1 Å². The molecule has 0 aromatic carbocycles. The van der Waals surface area contributed by atoms with Crippen molar-refractivity contribution in [2.45, 2.75) is 6.18 Å². The number of nitrogen functional groups attached to an aromatic ring is 1. The third-order valence-electron chi connectivity index (χ3n) is 2.32. The van der Waals surface area contributed by atoms with Gasteiger partial charge in [-0.25, -0.2) is 9.67 Å². The molecule has 0 saturated heterocycles. The highest BCUT2D eigenvalue weighted by Crippen LogP contribution is 2.30. The monoisotopic (exact) mass is 271 g/mol. The average Bonchev–Trinajstić information content (AvgIpc) is 2.77. The zero-order valence-electron chi connectivity index (χ0n) is 9.35. The van der Waals surface area contributed by atoms with Gasteiger partial charge in [0.2, 0.25) is 0 Å². The van der Waals surface area contributed by atoms with Crippen molar-refractivity contribution in [1.82, 2.24) is 14.8 Å². The van der Waals surface area contributed by atoms with Crippen LogP contribution in [0.4, 0.5) is 18.9 Å². The molecule has 4 N–H and O–H groups in total. The Hall–Kier alpha value is -2.58. The number of anilines is 1. The van der Waals surface area contributed by atoms with Crippen molar-refractivity contribution >= 4 is 11.6 Å². The molecule has 0 aliphatic heterocycles. The molecule has 2 aromatic heterocycles. The van der Waals surface area contributed by atoms with Gasteiger partial charge in [0.15, 0.2) is 0 Å². The number of carbonyl (C=O) groups is 1. The number of nitrogens with two attached hydrogens (primary N) is 2. The van der Waals surface area contributed by atoms with Gasteiger partial charge < -0.3 is 11.5 Å². The van der Waals surface area contributed by atoms with E-state index in [9.17, 15) is 18.0 Å². The number of rotatable bonds is 2. The Balaban J connectivity index is 2.51. The quantitative estimate of drug-likeness (QED) is 0.849. The first-order valence-electron chi connectivity index (χ1n) is 4.96. The Bertz CT molecular complexity index is 634. The molecule has 0 saturated carbocycles. The van der Waals surface area contributed by atoms with E-state index in [0.29, 0.717) is 0 Å². The fraction of sp³-hybridized carbons (Fsp3) is 0.100. The molecule has 0 unspecified atom stereocenters. The zero-order valence-corrected chi connectivity index (χ0v) is 9.35. The highest BCUT2D eigenvalue weighted by atomic mass is 19.4. The number of amides is 1. The number of halogens is 3. The summed E-state index contributed by atoms with van der Waals surface area (Å²) in [7, 11) is 0. The molecular weight excluding hydrogens is 263 g/mol. The SMILES string of the molecule is NC(=O)c1cnn(-c2cc(C(F)(F)F)ncc2N)c1. The highest BCUT2D eigenvalue weighted by molar-refractivity contribution is 5.92. The number of hydrogen-bond donors (Lipinski definition) is 2. The standard InChI is InChI=1S/C10H8F3N5O/c11-10(12,13)8-1-7(6(14)3-16-8)18-4-5(2-17-18)9(15)19/h1-4H,14H2,(H2,15,19). The molecule has 100 valence electrons. The van der Waals surface area contributed by atoms with Crippen LogP contribution in [-0.4, -0.2) is 20.7 Å². The Kier molecular flexibility index (Phi) is 2.89. The lowest BCUT2D eigenvalue weighted by Gasteiger charge is -2.10. The third kappa shape index (κ3) is 2.49. The summed E-state index contributed by atoms with van der Waals surface area (Å²) in [5.74, 6) is -0.741. The number of alkyl halides is 3. The average molecular weight is 271 g/mol. The highest BCUT2D eigenvalue weighted by Gasteiger charge is 2.33. The van der Waals surface area contributed by atoms with Crippen LogP contribution in [0.1, 0.15) is 16.1 Å². The summed E-state index contributed by atoms with van der Waals surface area (Å²) in [6.45, 7) is 0. The summed E-state index contributed by atoms with van der Waals surface area (Å²) in [4.78, 5) is 14.1. The Morgan fingerprint density at radius 2 is 2.00 bits per heavy atom. The van der Waals surface area contributed by atoms with Crippen molar-refractivity contribution in [3.05, 3.63) is 35.9 Å². The summed E-state index contributed by atoms with van der Waals surface area (Å²) in [6.07, 6.45) is -1.39. The van der Waals surface area contributed by atoms with E-state index in [4.69, 9.17) is 11.5 Å². The molecule has 6 nitrogen and oxygen atoms in total. The van der Waals surface area contributed by atoms with E-state index in [1.165, 1.54) is 6.20 Å². The summed E-state index contributed by atoms with van der Waals surface area (Å²) in [5.41, 5.74) is 9.49. The van der Waals surface area contributed by atoms with Crippen LogP contribution in [0.25, 0.3) is 5.69 Å². The van der Waals surface area contributed by atoms with Crippen molar-refractivity contribution in [3.8, 4) is 5.69 Å². The molecule has 1 amide bonds. The van der Waals surface area contributed by atoms with Gasteiger partial charge in [-0.1, -0.05) is 0 Å². The number of aromatic nitrogens is 3. The van der Waals surface area contributed by atoms with Gasteiger partial charge in [-0.2, -0.15) is 18.3 Å². The minimum atomic E-state index is -4.60. The molecular formula is C10H8F3N5O. The van der Waals surface area contributed by atoms with Crippen molar-refractivity contribution in [2.24, 2.45) is 5.73 Å². The lowest BCUT2D eigenvalue weighted by Crippen LogP contribution is -2.11. The number of hydrogen-bond acceptors (Lipinski definition) is 4. The molecule has 9 heteroatoms. The van der Waals surface area contributed by atoms with E-state index in [0.717, 1.165) is 23.1 Å². The van der Waals surface area contributed by atoms with Crippen LogP contribution < -0.4 is 11.5 Å². The first kappa shape index (κ1) is 12.9. The lowest BCUT2D eigenvalue weighted by molar-refractivity contribution is -0.141. The molecule has 0 spiro atoms. The van der Waals surface area contributed by atoms with Crippen molar-refractivity contribution in [1.29, 1.82) is 0 Å². The molecule has 0 aliphatic carbocycles. The molecule has 2 rings (SSSR count). The van der Waals surface area contributed by atoms with E-state index < -0.39 is 17.8 Å². The summed E-state index contributed by atoms with van der Waals surface area (Å²) < 4.78 is 38.7. The predicted octanol–water partition coefficient (Wildman–Crippen LogP) is 0.967. The maximum absolute atomic E-state index is 12.5. The van der Waals surface area contributed by atoms with Crippen LogP contribution in [0.5, 0.6) is 0 Å². The molecule has 19 heavy (non-hydrogen) atoms. The Labute approximate surface area is 104 Å². The fourth-order valence-electron chi connectivity index (χ4n) is 1.39. The van der Waals surface area contributed by atoms with Crippen LogP contribution in [0.2, 0.25) is 0 Å². The maximum atomic E-state index is 12.5. The zero-order chi connectivity index (χ0) is 14.2. The van der Waals surface area contributed by atoms with Crippen LogP contribution in [0, 0.1) is 0 Å². The summed E-state index contributed by atoms with van der Waals surface area (Å²) in [5, 5.41) is 3.73. The fourth-order valence-corrected chi connectivity index (χ4v) is 1.39. The minimum absolute atomic E-state index is 0.00730. The van der Waals surface area contributed by atoms with Gasteiger partial charge in [0, 0.05) is 6.20 Å². The summed E-state index contributed by atoms with van der Waals surface area (Å²) in [6, 6.07) is 0.743. The Morgan fingerprint density at radius 1 is 1.32 bits per heavy atom. The van der Waals surface area contributed by atoms with E-state index in [1.807, 2.05) is 0 Å². The van der Waals surface area contributed by atoms with E-state index >= 15 is 0 Å². The van der Waals surface area contributed by atoms with Crippen LogP contribution >= 0.6 is 0 Å². The van der Waals surface area contributed by atoms with Crippen molar-refractivity contribution in [2.75, 3.05) is 5.73 Å². The van der Waals surface area contributed by atoms with Gasteiger partial charge >= 0.3 is 6.18 Å². The topological polar surface area (TPSA) is 99.8 Å². The largest absolute Gasteiger partial charge is 0.433 e. The van der Waals surface area contributed by atoms with Gasteiger partial charge in [0.1, 0.15) is 5.69 Å². The molecule has 0 aliphatic rings. The van der Waals surface area contributed by atoms with Gasteiger partial charge in [0.25, 0.3) is 5.91 Å². The minimum Gasteiger partial charge on any atom is -0.396 e. The van der Waals surface area contributed by atoms with Crippen LogP contribution in [0.15, 0.2) is 24.7 Å². The number of carbonyl (C=O) groups excluding carboxylic acids is 1. The van der Waals surface area contributed by atoms with Crippen molar-refractivity contribution in [3.63, 3.8) is 0 Å². The maximum Gasteiger partial charge on any atom is 0.433 e. The predicted molar refractivity (Wildman–Crippen MR) is 59.3 cm³/mol. The van der Waals surface area contributed by atoms with Gasteiger partial charge in [-0.05, 0) is 6.07 Å². The molecule has 2 aromatic rings.